The van der Waals surface area contributed by atoms with Crippen molar-refractivity contribution in [3.63, 3.8) is 0 Å². The van der Waals surface area contributed by atoms with Gasteiger partial charge in [0.1, 0.15) is 5.75 Å². The van der Waals surface area contributed by atoms with Crippen molar-refractivity contribution in [3.8, 4) is 5.75 Å². The molecule has 0 amide bonds. The maximum atomic E-state index is 12.8. The van der Waals surface area contributed by atoms with Crippen molar-refractivity contribution in [2.24, 2.45) is 5.92 Å². The number of methoxy groups -OCH3 is 1. The molecule has 2 aromatic rings. The normalized spacial score (nSPS) is 19.6. The number of carbonyl (C=O) groups excluding carboxylic acids is 1. The number of rotatable bonds is 6. The van der Waals surface area contributed by atoms with E-state index in [1.54, 1.807) is 7.11 Å². The first-order valence-corrected chi connectivity index (χ1v) is 10.4. The number of likely N-dealkylation sites (tertiary alicyclic amines) is 1. The van der Waals surface area contributed by atoms with Crippen LogP contribution in [-0.2, 0) is 6.54 Å². The predicted octanol–water partition coefficient (Wildman–Crippen LogP) is 3.28. The summed E-state index contributed by atoms with van der Waals surface area (Å²) in [5.74, 6) is 2.09. The monoisotopic (exact) mass is 383 g/mol. The van der Waals surface area contributed by atoms with Gasteiger partial charge in [-0.1, -0.05) is 19.3 Å². The number of aromatic nitrogens is 4. The number of Topliss-reactive ketones (excluding diaryl/α,β-unsaturated/α-hetero) is 1. The summed E-state index contributed by atoms with van der Waals surface area (Å²) in [5, 5.41) is 12.5. The molecule has 7 nitrogen and oxygen atoms in total. The van der Waals surface area contributed by atoms with Crippen LogP contribution in [0.4, 0.5) is 0 Å². The van der Waals surface area contributed by atoms with Crippen molar-refractivity contribution in [1.29, 1.82) is 0 Å². The molecular weight excluding hydrogens is 354 g/mol. The molecule has 4 rings (SSSR count). The van der Waals surface area contributed by atoms with E-state index in [1.807, 2.05) is 28.9 Å². The standard InChI is InChI=1S/C21H29N5O2/c1-28-19-9-7-16(8-10-19)21(27)17-11-13-25(14-12-17)15-20-22-23-24-26(20)18-5-3-2-4-6-18/h7-10,17-18H,2-6,11-15H2,1H3. The Morgan fingerprint density at radius 2 is 1.79 bits per heavy atom. The average molecular weight is 383 g/mol. The highest BCUT2D eigenvalue weighted by molar-refractivity contribution is 5.98. The third-order valence-electron chi connectivity index (χ3n) is 6.18. The van der Waals surface area contributed by atoms with Gasteiger partial charge in [-0.2, -0.15) is 0 Å². The second-order valence-corrected chi connectivity index (χ2v) is 7.97. The maximum Gasteiger partial charge on any atom is 0.166 e. The minimum atomic E-state index is 0.0963. The molecule has 1 aliphatic carbocycles. The first-order valence-electron chi connectivity index (χ1n) is 10.4. The molecule has 1 saturated carbocycles. The van der Waals surface area contributed by atoms with E-state index < -0.39 is 0 Å². The molecule has 0 spiro atoms. The van der Waals surface area contributed by atoms with Crippen LogP contribution in [0, 0.1) is 5.92 Å². The van der Waals surface area contributed by atoms with Crippen molar-refractivity contribution in [2.45, 2.75) is 57.5 Å². The summed E-state index contributed by atoms with van der Waals surface area (Å²) in [4.78, 5) is 15.2. The van der Waals surface area contributed by atoms with Crippen LogP contribution in [0.3, 0.4) is 0 Å². The molecule has 1 aromatic heterocycles. The fourth-order valence-electron chi connectivity index (χ4n) is 4.47. The Labute approximate surface area is 166 Å². The van der Waals surface area contributed by atoms with Crippen LogP contribution in [0.25, 0.3) is 0 Å². The summed E-state index contributed by atoms with van der Waals surface area (Å²) in [7, 11) is 1.64. The summed E-state index contributed by atoms with van der Waals surface area (Å²) in [6.07, 6.45) is 7.98. The quantitative estimate of drug-likeness (QED) is 0.713. The Balaban J connectivity index is 1.32. The molecule has 1 aromatic carbocycles. The Morgan fingerprint density at radius 1 is 1.07 bits per heavy atom. The van der Waals surface area contributed by atoms with Crippen LogP contribution in [0.15, 0.2) is 24.3 Å². The van der Waals surface area contributed by atoms with Crippen LogP contribution in [0.5, 0.6) is 5.75 Å². The van der Waals surface area contributed by atoms with Gasteiger partial charge in [-0.25, -0.2) is 4.68 Å². The lowest BCUT2D eigenvalue weighted by Crippen LogP contribution is -2.37. The van der Waals surface area contributed by atoms with Crippen molar-refractivity contribution < 1.29 is 9.53 Å². The highest BCUT2D eigenvalue weighted by Gasteiger charge is 2.27. The lowest BCUT2D eigenvalue weighted by molar-refractivity contribution is 0.0830. The second-order valence-electron chi connectivity index (χ2n) is 7.97. The smallest absolute Gasteiger partial charge is 0.166 e. The lowest BCUT2D eigenvalue weighted by atomic mass is 9.89. The zero-order valence-corrected chi connectivity index (χ0v) is 16.6. The summed E-state index contributed by atoms with van der Waals surface area (Å²) in [6.45, 7) is 2.58. The molecule has 0 bridgehead atoms. The Hall–Kier alpha value is -2.28. The van der Waals surface area contributed by atoms with Gasteiger partial charge < -0.3 is 4.74 Å². The summed E-state index contributed by atoms with van der Waals surface area (Å²) >= 11 is 0. The predicted molar refractivity (Wildman–Crippen MR) is 105 cm³/mol. The number of carbonyl (C=O) groups is 1. The molecule has 2 heterocycles. The molecule has 7 heteroatoms. The first-order chi connectivity index (χ1) is 13.7. The molecule has 0 unspecified atom stereocenters. The van der Waals surface area contributed by atoms with Crippen LogP contribution < -0.4 is 4.74 Å². The molecule has 0 atom stereocenters. The molecule has 0 radical (unpaired) electrons. The average Bonchev–Trinajstić information content (AvgIpc) is 3.22. The zero-order valence-electron chi connectivity index (χ0n) is 16.6. The molecular formula is C21H29N5O2. The van der Waals surface area contributed by atoms with Crippen molar-refractivity contribution in [1.82, 2.24) is 25.1 Å². The highest BCUT2D eigenvalue weighted by Crippen LogP contribution is 2.29. The van der Waals surface area contributed by atoms with Gasteiger partial charge in [-0.15, -0.1) is 5.10 Å². The van der Waals surface area contributed by atoms with Gasteiger partial charge in [0.05, 0.1) is 19.7 Å². The molecule has 150 valence electrons. The largest absolute Gasteiger partial charge is 0.497 e. The van der Waals surface area contributed by atoms with E-state index in [0.717, 1.165) is 49.6 Å². The van der Waals surface area contributed by atoms with Gasteiger partial charge in [0.25, 0.3) is 0 Å². The number of hydrogen-bond acceptors (Lipinski definition) is 6. The van der Waals surface area contributed by atoms with E-state index in [2.05, 4.69) is 20.4 Å². The van der Waals surface area contributed by atoms with E-state index in [9.17, 15) is 4.79 Å². The van der Waals surface area contributed by atoms with E-state index >= 15 is 0 Å². The van der Waals surface area contributed by atoms with Crippen molar-refractivity contribution >= 4 is 5.78 Å². The number of tetrazole rings is 1. The van der Waals surface area contributed by atoms with Gasteiger partial charge >= 0.3 is 0 Å². The third-order valence-corrected chi connectivity index (χ3v) is 6.18. The fraction of sp³-hybridized carbons (Fsp3) is 0.619. The number of ketones is 1. The minimum Gasteiger partial charge on any atom is -0.497 e. The van der Waals surface area contributed by atoms with Crippen molar-refractivity contribution in [2.75, 3.05) is 20.2 Å². The van der Waals surface area contributed by atoms with Crippen LogP contribution in [-0.4, -0.2) is 51.1 Å². The van der Waals surface area contributed by atoms with Crippen LogP contribution >= 0.6 is 0 Å². The fourth-order valence-corrected chi connectivity index (χ4v) is 4.47. The van der Waals surface area contributed by atoms with Gasteiger partial charge in [0.2, 0.25) is 0 Å². The topological polar surface area (TPSA) is 73.1 Å². The molecule has 1 saturated heterocycles. The Bertz CT molecular complexity index is 774. The van der Waals surface area contributed by atoms with Gasteiger partial charge in [-0.3, -0.25) is 9.69 Å². The number of nitrogens with zero attached hydrogens (tertiary/aromatic N) is 5. The SMILES string of the molecule is COc1ccc(C(=O)C2CCN(Cc3nnnn3C3CCCCC3)CC2)cc1. The van der Waals surface area contributed by atoms with E-state index in [1.165, 1.54) is 32.1 Å². The van der Waals surface area contributed by atoms with E-state index in [0.29, 0.717) is 6.04 Å². The molecule has 28 heavy (non-hydrogen) atoms. The Morgan fingerprint density at radius 3 is 2.46 bits per heavy atom. The molecule has 1 aliphatic heterocycles. The van der Waals surface area contributed by atoms with Gasteiger partial charge in [-0.05, 0) is 73.5 Å². The Kier molecular flexibility index (Phi) is 6.00. The van der Waals surface area contributed by atoms with Crippen LogP contribution in [0.1, 0.15) is 67.2 Å². The lowest BCUT2D eigenvalue weighted by Gasteiger charge is -2.31. The van der Waals surface area contributed by atoms with Gasteiger partial charge in [0, 0.05) is 11.5 Å². The second kappa shape index (κ2) is 8.82. The number of hydrogen-bond donors (Lipinski definition) is 0. The number of ether oxygens (including phenoxy) is 1. The molecule has 2 fully saturated rings. The van der Waals surface area contributed by atoms with Gasteiger partial charge in [0.15, 0.2) is 11.6 Å². The zero-order chi connectivity index (χ0) is 19.3. The maximum absolute atomic E-state index is 12.8. The first kappa shape index (κ1) is 19.1. The van der Waals surface area contributed by atoms with E-state index in [4.69, 9.17) is 4.74 Å². The van der Waals surface area contributed by atoms with Crippen molar-refractivity contribution in [3.05, 3.63) is 35.7 Å². The highest BCUT2D eigenvalue weighted by atomic mass is 16.5. The van der Waals surface area contributed by atoms with E-state index in [-0.39, 0.29) is 11.7 Å². The number of benzene rings is 1. The third kappa shape index (κ3) is 4.24. The molecule has 0 N–H and O–H groups in total. The number of piperidine rings is 1. The van der Waals surface area contributed by atoms with Crippen LogP contribution in [0.2, 0.25) is 0 Å². The summed E-state index contributed by atoms with van der Waals surface area (Å²) < 4.78 is 7.23. The molecule has 2 aliphatic rings. The minimum absolute atomic E-state index is 0.0963. The summed E-state index contributed by atoms with van der Waals surface area (Å²) in [6, 6.07) is 7.89. The summed E-state index contributed by atoms with van der Waals surface area (Å²) in [5.41, 5.74) is 0.778.